The molecular weight excluding hydrogens is 372 g/mol. The number of allylic oxidation sites excluding steroid dienone is 2. The van der Waals surface area contributed by atoms with E-state index in [4.69, 9.17) is 0 Å². The van der Waals surface area contributed by atoms with Crippen molar-refractivity contribution in [1.82, 2.24) is 10.9 Å². The molecule has 0 fully saturated rings. The van der Waals surface area contributed by atoms with Crippen molar-refractivity contribution in [1.29, 1.82) is 0 Å². The molecule has 156 valence electrons. The Morgan fingerprint density at radius 3 is 1.40 bits per heavy atom. The Hall–Kier alpha value is -3.47. The summed E-state index contributed by atoms with van der Waals surface area (Å²) in [5.74, 6) is 0.322. The van der Waals surface area contributed by atoms with Gasteiger partial charge in [0.15, 0.2) is 0 Å². The maximum atomic E-state index is 12.2. The highest BCUT2D eigenvalue weighted by molar-refractivity contribution is 6.01. The summed E-state index contributed by atoms with van der Waals surface area (Å²) in [6.45, 7) is 8.10. The van der Waals surface area contributed by atoms with Crippen molar-refractivity contribution in [3.8, 4) is 0 Å². The van der Waals surface area contributed by atoms with Gasteiger partial charge in [-0.2, -0.15) is 10.2 Å². The van der Waals surface area contributed by atoms with E-state index in [1.807, 2.05) is 113 Å². The second-order valence-electron chi connectivity index (χ2n) is 7.42. The number of carbonyl (C=O) groups is 1. The predicted octanol–water partition coefficient (Wildman–Crippen LogP) is 5.74. The summed E-state index contributed by atoms with van der Waals surface area (Å²) in [4.78, 5) is 12.2. The molecule has 0 saturated carbocycles. The van der Waals surface area contributed by atoms with Crippen molar-refractivity contribution in [3.63, 3.8) is 0 Å². The van der Waals surface area contributed by atoms with Gasteiger partial charge in [0.2, 0.25) is 0 Å². The minimum atomic E-state index is -0.479. The monoisotopic (exact) mass is 402 g/mol. The maximum Gasteiger partial charge on any atom is 0.355 e. The van der Waals surface area contributed by atoms with Crippen LogP contribution in [0, 0.1) is 11.8 Å². The molecule has 5 heteroatoms. The van der Waals surface area contributed by atoms with Crippen LogP contribution in [0.3, 0.4) is 0 Å². The second kappa shape index (κ2) is 12.2. The third kappa shape index (κ3) is 8.27. The van der Waals surface area contributed by atoms with Crippen LogP contribution in [0.4, 0.5) is 4.79 Å². The summed E-state index contributed by atoms with van der Waals surface area (Å²) in [5.41, 5.74) is 8.74. The summed E-state index contributed by atoms with van der Waals surface area (Å²) in [7, 11) is 0. The lowest BCUT2D eigenvalue weighted by Crippen LogP contribution is -2.31. The molecule has 0 aromatic heterocycles. The molecule has 0 bridgehead atoms. The van der Waals surface area contributed by atoms with Gasteiger partial charge in [-0.05, 0) is 35.1 Å². The minimum absolute atomic E-state index is 0.161. The molecule has 5 nitrogen and oxygen atoms in total. The molecule has 0 aliphatic heterocycles. The van der Waals surface area contributed by atoms with E-state index in [1.165, 1.54) is 0 Å². The van der Waals surface area contributed by atoms with Crippen LogP contribution in [0.25, 0.3) is 12.2 Å². The topological polar surface area (TPSA) is 65.8 Å². The largest absolute Gasteiger partial charge is 0.355 e. The zero-order valence-electron chi connectivity index (χ0n) is 18.0. The van der Waals surface area contributed by atoms with Crippen LogP contribution < -0.4 is 10.9 Å². The van der Waals surface area contributed by atoms with Crippen molar-refractivity contribution < 1.29 is 4.79 Å². The number of carbonyl (C=O) groups excluding carboxylic acids is 1. The van der Waals surface area contributed by atoms with E-state index in [0.717, 1.165) is 22.6 Å². The van der Waals surface area contributed by atoms with Crippen molar-refractivity contribution in [2.24, 2.45) is 22.0 Å². The summed E-state index contributed by atoms with van der Waals surface area (Å²) in [6, 6.07) is 19.4. The van der Waals surface area contributed by atoms with E-state index in [9.17, 15) is 4.79 Å². The fraction of sp³-hybridized carbons (Fsp3) is 0.240. The number of urea groups is 1. The van der Waals surface area contributed by atoms with Gasteiger partial charge >= 0.3 is 6.03 Å². The van der Waals surface area contributed by atoms with Crippen molar-refractivity contribution in [3.05, 3.63) is 83.9 Å². The van der Waals surface area contributed by atoms with E-state index < -0.39 is 6.03 Å². The molecule has 2 aromatic rings. The zero-order chi connectivity index (χ0) is 21.8. The number of benzene rings is 2. The van der Waals surface area contributed by atoms with Crippen molar-refractivity contribution in [2.75, 3.05) is 0 Å². The van der Waals surface area contributed by atoms with Crippen LogP contribution in [-0.4, -0.2) is 17.5 Å². The van der Waals surface area contributed by atoms with Gasteiger partial charge in [0.1, 0.15) is 0 Å². The molecule has 2 rings (SSSR count). The third-order valence-electron chi connectivity index (χ3n) is 4.25. The van der Waals surface area contributed by atoms with Gasteiger partial charge in [0.05, 0.1) is 11.4 Å². The third-order valence-corrected chi connectivity index (χ3v) is 4.25. The standard InChI is InChI=1S/C25H30N4O/c1-19(2)23(17-15-21-11-7-5-8-12-21)26-28-25(30)29-27-24(20(3)4)18-16-22-13-9-6-10-14-22/h5-20H,1-4H3,(H2,28,29,30)/b17-15+,18-16+,26-23+,27-24+. The Labute approximate surface area is 179 Å². The first kappa shape index (κ1) is 22.8. The molecule has 0 saturated heterocycles. The first-order chi connectivity index (χ1) is 14.5. The van der Waals surface area contributed by atoms with Gasteiger partial charge in [-0.15, -0.1) is 0 Å². The summed E-state index contributed by atoms with van der Waals surface area (Å²) >= 11 is 0. The lowest BCUT2D eigenvalue weighted by Gasteiger charge is -2.08. The normalized spacial score (nSPS) is 12.9. The Kier molecular flexibility index (Phi) is 9.25. The Bertz CT molecular complexity index is 835. The lowest BCUT2D eigenvalue weighted by molar-refractivity contribution is 0.241. The summed E-state index contributed by atoms with van der Waals surface area (Å²) in [6.07, 6.45) is 7.76. The Morgan fingerprint density at radius 2 is 1.07 bits per heavy atom. The van der Waals surface area contributed by atoms with Gasteiger partial charge in [-0.1, -0.05) is 101 Å². The van der Waals surface area contributed by atoms with Crippen LogP contribution in [0.2, 0.25) is 0 Å². The van der Waals surface area contributed by atoms with Crippen LogP contribution in [0.1, 0.15) is 38.8 Å². The van der Waals surface area contributed by atoms with E-state index >= 15 is 0 Å². The highest BCUT2D eigenvalue weighted by Gasteiger charge is 2.05. The fourth-order valence-corrected chi connectivity index (χ4v) is 2.46. The zero-order valence-corrected chi connectivity index (χ0v) is 18.0. The molecule has 0 radical (unpaired) electrons. The van der Waals surface area contributed by atoms with E-state index in [1.54, 1.807) is 0 Å². The molecule has 0 atom stereocenters. The van der Waals surface area contributed by atoms with Gasteiger partial charge in [0, 0.05) is 0 Å². The average Bonchev–Trinajstić information content (AvgIpc) is 2.74. The van der Waals surface area contributed by atoms with Gasteiger partial charge in [0.25, 0.3) is 0 Å². The molecule has 2 N–H and O–H groups in total. The molecule has 30 heavy (non-hydrogen) atoms. The number of nitrogens with one attached hydrogen (secondary N) is 2. The first-order valence-electron chi connectivity index (χ1n) is 10.1. The first-order valence-corrected chi connectivity index (χ1v) is 10.1. The molecule has 0 unspecified atom stereocenters. The molecule has 0 aliphatic rings. The number of nitrogens with zero attached hydrogens (tertiary/aromatic N) is 2. The number of rotatable bonds is 8. The maximum absolute atomic E-state index is 12.2. The minimum Gasteiger partial charge on any atom is -0.245 e. The summed E-state index contributed by atoms with van der Waals surface area (Å²) < 4.78 is 0. The SMILES string of the molecule is CC(C)C(/C=C/c1ccccc1)=N/NC(=O)N/N=C(\C=C\c1ccccc1)C(C)C. The molecule has 2 aromatic carbocycles. The highest BCUT2D eigenvalue weighted by Crippen LogP contribution is 2.06. The van der Waals surface area contributed by atoms with Crippen molar-refractivity contribution >= 4 is 29.6 Å². The Morgan fingerprint density at radius 1 is 0.700 bits per heavy atom. The quantitative estimate of drug-likeness (QED) is 0.429. The smallest absolute Gasteiger partial charge is 0.245 e. The fourth-order valence-electron chi connectivity index (χ4n) is 2.46. The van der Waals surface area contributed by atoms with Crippen LogP contribution in [0.15, 0.2) is 83.0 Å². The van der Waals surface area contributed by atoms with Gasteiger partial charge in [-0.3, -0.25) is 0 Å². The molecular formula is C25H30N4O. The number of hydrazone groups is 2. The van der Waals surface area contributed by atoms with Crippen molar-refractivity contribution in [2.45, 2.75) is 27.7 Å². The number of hydrogen-bond acceptors (Lipinski definition) is 3. The summed E-state index contributed by atoms with van der Waals surface area (Å²) in [5, 5.41) is 8.47. The molecule has 2 amide bonds. The van der Waals surface area contributed by atoms with E-state index in [0.29, 0.717) is 0 Å². The average molecular weight is 403 g/mol. The van der Waals surface area contributed by atoms with E-state index in [2.05, 4.69) is 21.1 Å². The molecule has 0 aliphatic carbocycles. The van der Waals surface area contributed by atoms with E-state index in [-0.39, 0.29) is 11.8 Å². The van der Waals surface area contributed by atoms with Gasteiger partial charge in [-0.25, -0.2) is 15.6 Å². The highest BCUT2D eigenvalue weighted by atomic mass is 16.2. The van der Waals surface area contributed by atoms with Gasteiger partial charge < -0.3 is 0 Å². The second-order valence-corrected chi connectivity index (χ2v) is 7.42. The molecule has 0 heterocycles. The van der Waals surface area contributed by atoms with Crippen LogP contribution >= 0.6 is 0 Å². The number of amides is 2. The number of hydrogen-bond donors (Lipinski definition) is 2. The van der Waals surface area contributed by atoms with Crippen LogP contribution in [-0.2, 0) is 0 Å². The Balaban J connectivity index is 2.00. The lowest BCUT2D eigenvalue weighted by atomic mass is 10.1. The molecule has 0 spiro atoms. The predicted molar refractivity (Wildman–Crippen MR) is 127 cm³/mol. The van der Waals surface area contributed by atoms with Crippen LogP contribution in [0.5, 0.6) is 0 Å².